The molecule has 1 atom stereocenters. The minimum absolute atomic E-state index is 0.115. The summed E-state index contributed by atoms with van der Waals surface area (Å²) in [6.07, 6.45) is 2.65. The Morgan fingerprint density at radius 2 is 1.89 bits per heavy atom. The van der Waals surface area contributed by atoms with Crippen molar-refractivity contribution in [1.29, 1.82) is 0 Å². The minimum Gasteiger partial charge on any atom is -0.487 e. The molecule has 1 spiro atoms. The summed E-state index contributed by atoms with van der Waals surface area (Å²) in [5.74, 6) is 0.859. The number of urea groups is 1. The number of nitrogens with one attached hydrogen (secondary N) is 2. The topological polar surface area (TPSA) is 53.6 Å². The lowest BCUT2D eigenvalue weighted by Gasteiger charge is -2.46. The van der Waals surface area contributed by atoms with E-state index in [1.165, 1.54) is 0 Å². The monoisotopic (exact) mass is 419 g/mol. The maximum Gasteiger partial charge on any atom is 0.319 e. The van der Waals surface area contributed by atoms with Gasteiger partial charge in [-0.3, -0.25) is 0 Å². The van der Waals surface area contributed by atoms with Crippen LogP contribution in [0.1, 0.15) is 30.9 Å². The number of anilines is 1. The molecular weight excluding hydrogens is 397 g/mol. The van der Waals surface area contributed by atoms with Gasteiger partial charge in [0.2, 0.25) is 0 Å². The molecule has 1 saturated heterocycles. The highest BCUT2D eigenvalue weighted by Crippen LogP contribution is 2.44. The van der Waals surface area contributed by atoms with E-state index in [2.05, 4.69) is 22.6 Å². The van der Waals surface area contributed by atoms with Crippen molar-refractivity contribution in [1.82, 2.24) is 10.2 Å². The average molecular weight is 420 g/mol. The first-order chi connectivity index (χ1) is 13.4. The number of para-hydroxylation sites is 1. The van der Waals surface area contributed by atoms with Crippen molar-refractivity contribution in [3.63, 3.8) is 0 Å². The molecule has 7 heteroatoms. The van der Waals surface area contributed by atoms with Crippen molar-refractivity contribution < 1.29 is 9.53 Å². The molecule has 0 radical (unpaired) electrons. The van der Waals surface area contributed by atoms with Gasteiger partial charge in [0.05, 0.1) is 16.1 Å². The van der Waals surface area contributed by atoms with E-state index >= 15 is 0 Å². The third-order valence-electron chi connectivity index (χ3n) is 5.58. The third kappa shape index (κ3) is 4.07. The second-order valence-electron chi connectivity index (χ2n) is 7.61. The number of amides is 2. The van der Waals surface area contributed by atoms with Crippen LogP contribution in [0, 0.1) is 0 Å². The summed E-state index contributed by atoms with van der Waals surface area (Å²) in [5, 5.41) is 6.82. The van der Waals surface area contributed by atoms with Gasteiger partial charge in [-0.25, -0.2) is 4.79 Å². The van der Waals surface area contributed by atoms with Gasteiger partial charge in [-0.05, 0) is 44.2 Å². The minimum atomic E-state index is -0.275. The number of benzene rings is 2. The van der Waals surface area contributed by atoms with Gasteiger partial charge in [0.25, 0.3) is 0 Å². The van der Waals surface area contributed by atoms with Crippen LogP contribution in [0.5, 0.6) is 5.75 Å². The molecule has 2 aliphatic heterocycles. The predicted molar refractivity (Wildman–Crippen MR) is 113 cm³/mol. The number of rotatable bonds is 2. The van der Waals surface area contributed by atoms with Crippen LogP contribution in [-0.4, -0.2) is 36.7 Å². The Balaban J connectivity index is 1.52. The molecular formula is C21H23Cl2N3O2. The van der Waals surface area contributed by atoms with Gasteiger partial charge in [-0.1, -0.05) is 41.4 Å². The van der Waals surface area contributed by atoms with Crippen LogP contribution in [0.15, 0.2) is 42.5 Å². The van der Waals surface area contributed by atoms with Crippen LogP contribution in [0.25, 0.3) is 0 Å². The molecule has 1 fully saturated rings. The standard InChI is InChI=1S/C21H23Cl2N3O2/c1-26-10-8-21(9-11-26)13-18(15-4-2-3-5-19(15)28-21)25-20(27)24-14-6-7-16(22)17(23)12-14/h2-7,12,18H,8-11,13H2,1H3,(H2,24,25,27). The Bertz CT molecular complexity index is 882. The van der Waals surface area contributed by atoms with E-state index < -0.39 is 0 Å². The highest BCUT2D eigenvalue weighted by Gasteiger charge is 2.43. The summed E-state index contributed by atoms with van der Waals surface area (Å²) in [6.45, 7) is 1.98. The molecule has 1 unspecified atom stereocenters. The molecule has 2 amide bonds. The Kier molecular flexibility index (Phi) is 5.41. The molecule has 4 rings (SSSR count). The summed E-state index contributed by atoms with van der Waals surface area (Å²) in [5.41, 5.74) is 1.38. The zero-order chi connectivity index (χ0) is 19.7. The van der Waals surface area contributed by atoms with E-state index in [0.29, 0.717) is 15.7 Å². The second kappa shape index (κ2) is 7.82. The second-order valence-corrected chi connectivity index (χ2v) is 8.42. The summed E-state index contributed by atoms with van der Waals surface area (Å²) in [4.78, 5) is 15.0. The van der Waals surface area contributed by atoms with Gasteiger partial charge < -0.3 is 20.3 Å². The van der Waals surface area contributed by atoms with Crippen LogP contribution in [-0.2, 0) is 0 Å². The van der Waals surface area contributed by atoms with Crippen molar-refractivity contribution >= 4 is 34.9 Å². The number of hydrogen-bond donors (Lipinski definition) is 2. The number of likely N-dealkylation sites (tertiary alicyclic amines) is 1. The van der Waals surface area contributed by atoms with E-state index in [-0.39, 0.29) is 17.7 Å². The fourth-order valence-electron chi connectivity index (χ4n) is 3.98. The smallest absolute Gasteiger partial charge is 0.319 e. The Morgan fingerprint density at radius 1 is 1.14 bits per heavy atom. The van der Waals surface area contributed by atoms with Crippen LogP contribution in [0.3, 0.4) is 0 Å². The summed E-state index contributed by atoms with van der Waals surface area (Å²) >= 11 is 12.0. The number of ether oxygens (including phenoxy) is 1. The molecule has 0 bridgehead atoms. The number of carbonyl (C=O) groups excluding carboxylic acids is 1. The van der Waals surface area contributed by atoms with Gasteiger partial charge in [0.15, 0.2) is 0 Å². The van der Waals surface area contributed by atoms with Gasteiger partial charge in [-0.15, -0.1) is 0 Å². The number of piperidine rings is 1. The Hall–Kier alpha value is -1.95. The molecule has 28 heavy (non-hydrogen) atoms. The highest BCUT2D eigenvalue weighted by molar-refractivity contribution is 6.42. The van der Waals surface area contributed by atoms with E-state index in [1.54, 1.807) is 18.2 Å². The Morgan fingerprint density at radius 3 is 2.64 bits per heavy atom. The number of nitrogens with zero attached hydrogens (tertiary/aromatic N) is 1. The SMILES string of the molecule is CN1CCC2(CC1)CC(NC(=O)Nc1ccc(Cl)c(Cl)c1)c1ccccc1O2. The molecule has 5 nitrogen and oxygen atoms in total. The van der Waals surface area contributed by atoms with E-state index in [9.17, 15) is 4.79 Å². The lowest BCUT2D eigenvalue weighted by atomic mass is 9.80. The highest BCUT2D eigenvalue weighted by atomic mass is 35.5. The van der Waals surface area contributed by atoms with Crippen molar-refractivity contribution in [3.8, 4) is 5.75 Å². The normalized spacial score (nSPS) is 20.9. The largest absolute Gasteiger partial charge is 0.487 e. The van der Waals surface area contributed by atoms with Crippen LogP contribution < -0.4 is 15.4 Å². The zero-order valence-electron chi connectivity index (χ0n) is 15.7. The molecule has 0 saturated carbocycles. The molecule has 0 aromatic heterocycles. The van der Waals surface area contributed by atoms with Crippen LogP contribution in [0.4, 0.5) is 10.5 Å². The molecule has 2 aliphatic rings. The van der Waals surface area contributed by atoms with Gasteiger partial charge in [0, 0.05) is 30.8 Å². The van der Waals surface area contributed by atoms with Crippen LogP contribution in [0.2, 0.25) is 10.0 Å². The van der Waals surface area contributed by atoms with E-state index in [1.807, 2.05) is 24.3 Å². The number of carbonyl (C=O) groups is 1. The fraction of sp³-hybridized carbons (Fsp3) is 0.381. The quantitative estimate of drug-likeness (QED) is 0.711. The average Bonchev–Trinajstić information content (AvgIpc) is 2.67. The lowest BCUT2D eigenvalue weighted by Crippen LogP contribution is -2.51. The predicted octanol–water partition coefficient (Wildman–Crippen LogP) is 5.10. The first-order valence-electron chi connectivity index (χ1n) is 9.43. The molecule has 0 aliphatic carbocycles. The zero-order valence-corrected chi connectivity index (χ0v) is 17.2. The number of hydrogen-bond acceptors (Lipinski definition) is 3. The van der Waals surface area contributed by atoms with Crippen molar-refractivity contribution in [2.24, 2.45) is 0 Å². The van der Waals surface area contributed by atoms with Crippen LogP contribution >= 0.6 is 23.2 Å². The van der Waals surface area contributed by atoms with Gasteiger partial charge in [-0.2, -0.15) is 0 Å². The van der Waals surface area contributed by atoms with Gasteiger partial charge in [0.1, 0.15) is 11.4 Å². The number of halogens is 2. The fourth-order valence-corrected chi connectivity index (χ4v) is 4.28. The first kappa shape index (κ1) is 19.4. The molecule has 148 valence electrons. The maximum atomic E-state index is 12.7. The summed E-state index contributed by atoms with van der Waals surface area (Å²) < 4.78 is 6.44. The van der Waals surface area contributed by atoms with Crippen molar-refractivity contribution in [3.05, 3.63) is 58.1 Å². The van der Waals surface area contributed by atoms with E-state index in [4.69, 9.17) is 27.9 Å². The molecule has 2 aromatic carbocycles. The summed E-state index contributed by atoms with van der Waals surface area (Å²) in [7, 11) is 2.13. The van der Waals surface area contributed by atoms with Crippen molar-refractivity contribution in [2.75, 3.05) is 25.5 Å². The molecule has 2 N–H and O–H groups in total. The van der Waals surface area contributed by atoms with Crippen molar-refractivity contribution in [2.45, 2.75) is 30.9 Å². The lowest BCUT2D eigenvalue weighted by molar-refractivity contribution is -0.0188. The van der Waals surface area contributed by atoms with Gasteiger partial charge >= 0.3 is 6.03 Å². The molecule has 2 aromatic rings. The Labute approximate surface area is 175 Å². The summed E-state index contributed by atoms with van der Waals surface area (Å²) in [6, 6.07) is 12.6. The first-order valence-corrected chi connectivity index (χ1v) is 10.2. The maximum absolute atomic E-state index is 12.7. The number of fused-ring (bicyclic) bond motifs is 1. The third-order valence-corrected chi connectivity index (χ3v) is 6.32. The van der Waals surface area contributed by atoms with E-state index in [0.717, 1.165) is 43.7 Å². The molecule has 2 heterocycles.